The first kappa shape index (κ1) is 19.6. The van der Waals surface area contributed by atoms with E-state index in [4.69, 9.17) is 4.74 Å². The van der Waals surface area contributed by atoms with Crippen LogP contribution in [0.15, 0.2) is 53.6 Å². The lowest BCUT2D eigenvalue weighted by Crippen LogP contribution is -2.65. The van der Waals surface area contributed by atoms with Crippen molar-refractivity contribution in [2.45, 2.75) is 56.5 Å². The SMILES string of the molecule is COc1ccc(/C=N\NC(=O)[C@@]2(C)NC3(CCCCC3)Cc3ccccc32)cc1. The largest absolute Gasteiger partial charge is 0.497 e. The number of nitrogens with one attached hydrogen (secondary N) is 2. The van der Waals surface area contributed by atoms with Crippen molar-refractivity contribution in [1.29, 1.82) is 0 Å². The lowest BCUT2D eigenvalue weighted by molar-refractivity contribution is -0.129. The number of hydrazone groups is 1. The van der Waals surface area contributed by atoms with Crippen LogP contribution in [0.5, 0.6) is 5.75 Å². The molecule has 0 unspecified atom stereocenters. The summed E-state index contributed by atoms with van der Waals surface area (Å²) in [6.45, 7) is 1.99. The van der Waals surface area contributed by atoms with Gasteiger partial charge in [-0.05, 0) is 67.1 Å². The van der Waals surface area contributed by atoms with Gasteiger partial charge < -0.3 is 4.74 Å². The molecule has 4 rings (SSSR count). The van der Waals surface area contributed by atoms with Crippen molar-refractivity contribution in [2.24, 2.45) is 5.10 Å². The molecule has 2 aromatic carbocycles. The van der Waals surface area contributed by atoms with E-state index in [9.17, 15) is 4.79 Å². The second-order valence-corrected chi connectivity index (χ2v) is 8.40. The first-order valence-corrected chi connectivity index (χ1v) is 10.4. The van der Waals surface area contributed by atoms with Gasteiger partial charge in [-0.15, -0.1) is 0 Å². The van der Waals surface area contributed by atoms with Crippen molar-refractivity contribution >= 4 is 12.1 Å². The average molecular weight is 392 g/mol. The highest BCUT2D eigenvalue weighted by Crippen LogP contribution is 2.41. The number of nitrogens with zero attached hydrogens (tertiary/aromatic N) is 1. The number of carbonyl (C=O) groups excluding carboxylic acids is 1. The van der Waals surface area contributed by atoms with Crippen LogP contribution in [0.3, 0.4) is 0 Å². The number of methoxy groups -OCH3 is 1. The van der Waals surface area contributed by atoms with E-state index in [1.807, 2.05) is 37.3 Å². The molecule has 1 fully saturated rings. The Morgan fingerprint density at radius 3 is 2.55 bits per heavy atom. The molecule has 0 radical (unpaired) electrons. The monoisotopic (exact) mass is 391 g/mol. The van der Waals surface area contributed by atoms with E-state index in [1.165, 1.54) is 24.8 Å². The number of ether oxygens (including phenoxy) is 1. The summed E-state index contributed by atoms with van der Waals surface area (Å²) in [6.07, 6.45) is 8.57. The van der Waals surface area contributed by atoms with Gasteiger partial charge in [-0.3, -0.25) is 10.1 Å². The minimum Gasteiger partial charge on any atom is -0.497 e. The van der Waals surface area contributed by atoms with Gasteiger partial charge >= 0.3 is 0 Å². The lowest BCUT2D eigenvalue weighted by Gasteiger charge is -2.49. The second-order valence-electron chi connectivity index (χ2n) is 8.40. The summed E-state index contributed by atoms with van der Waals surface area (Å²) < 4.78 is 5.17. The van der Waals surface area contributed by atoms with Gasteiger partial charge in [0.05, 0.1) is 13.3 Å². The molecule has 1 aliphatic heterocycles. The quantitative estimate of drug-likeness (QED) is 0.614. The van der Waals surface area contributed by atoms with Crippen molar-refractivity contribution in [1.82, 2.24) is 10.7 Å². The molecule has 152 valence electrons. The molecule has 5 heteroatoms. The van der Waals surface area contributed by atoms with E-state index in [0.29, 0.717) is 0 Å². The van der Waals surface area contributed by atoms with Gasteiger partial charge in [0, 0.05) is 5.54 Å². The Labute approximate surface area is 172 Å². The fourth-order valence-corrected chi connectivity index (χ4v) is 4.85. The fraction of sp³-hybridized carbons (Fsp3) is 0.417. The average Bonchev–Trinajstić information content (AvgIpc) is 2.74. The summed E-state index contributed by atoms with van der Waals surface area (Å²) in [5, 5.41) is 7.98. The number of fused-ring (bicyclic) bond motifs is 1. The van der Waals surface area contributed by atoms with Gasteiger partial charge in [-0.25, -0.2) is 5.43 Å². The van der Waals surface area contributed by atoms with Crippen molar-refractivity contribution in [3.63, 3.8) is 0 Å². The molecule has 1 atom stereocenters. The molecule has 1 amide bonds. The summed E-state index contributed by atoms with van der Waals surface area (Å²) in [5.41, 5.74) is 5.18. The van der Waals surface area contributed by atoms with Crippen LogP contribution in [-0.4, -0.2) is 24.8 Å². The summed E-state index contributed by atoms with van der Waals surface area (Å²) >= 11 is 0. The van der Waals surface area contributed by atoms with Crippen molar-refractivity contribution < 1.29 is 9.53 Å². The number of hydrogen-bond acceptors (Lipinski definition) is 4. The van der Waals surface area contributed by atoms with Crippen molar-refractivity contribution in [3.05, 3.63) is 65.2 Å². The molecule has 2 aromatic rings. The molecule has 5 nitrogen and oxygen atoms in total. The highest BCUT2D eigenvalue weighted by molar-refractivity contribution is 5.89. The minimum atomic E-state index is -0.802. The maximum Gasteiger partial charge on any atom is 0.264 e. The maximum absolute atomic E-state index is 13.3. The van der Waals surface area contributed by atoms with E-state index >= 15 is 0 Å². The molecule has 0 bridgehead atoms. The first-order chi connectivity index (χ1) is 14.0. The second kappa shape index (κ2) is 7.99. The molecule has 2 N–H and O–H groups in total. The topological polar surface area (TPSA) is 62.7 Å². The molecular formula is C24H29N3O2. The number of amides is 1. The van der Waals surface area contributed by atoms with Crippen LogP contribution in [-0.2, 0) is 16.8 Å². The van der Waals surface area contributed by atoms with Crippen LogP contribution in [0.1, 0.15) is 55.7 Å². The third-order valence-electron chi connectivity index (χ3n) is 6.36. The van der Waals surface area contributed by atoms with Crippen molar-refractivity contribution in [3.8, 4) is 5.75 Å². The van der Waals surface area contributed by atoms with Gasteiger partial charge in [0.15, 0.2) is 0 Å². The van der Waals surface area contributed by atoms with E-state index in [-0.39, 0.29) is 11.4 Å². The zero-order chi connectivity index (χ0) is 20.3. The normalized spacial score (nSPS) is 23.0. The Morgan fingerprint density at radius 1 is 1.10 bits per heavy atom. The Balaban J connectivity index is 1.55. The van der Waals surface area contributed by atoms with Gasteiger partial charge in [0.25, 0.3) is 5.91 Å². The van der Waals surface area contributed by atoms with Crippen LogP contribution in [0, 0.1) is 0 Å². The van der Waals surface area contributed by atoms with Gasteiger partial charge in [-0.2, -0.15) is 5.10 Å². The number of hydrogen-bond donors (Lipinski definition) is 2. The molecular weight excluding hydrogens is 362 g/mol. The van der Waals surface area contributed by atoms with Crippen LogP contribution >= 0.6 is 0 Å². The van der Waals surface area contributed by atoms with Crippen LogP contribution < -0.4 is 15.5 Å². The van der Waals surface area contributed by atoms with Crippen LogP contribution in [0.25, 0.3) is 0 Å². The maximum atomic E-state index is 13.3. The lowest BCUT2D eigenvalue weighted by atomic mass is 9.69. The standard InChI is InChI=1S/C24H29N3O2/c1-23(22(28)26-25-17-18-10-12-20(29-2)13-11-18)21-9-5-4-8-19(21)16-24(27-23)14-6-3-7-15-24/h4-5,8-13,17,27H,3,6-7,14-16H2,1-2H3,(H,26,28)/b25-17-/t23-/m0/s1. The summed E-state index contributed by atoms with van der Waals surface area (Å²) in [5.74, 6) is 0.666. The summed E-state index contributed by atoms with van der Waals surface area (Å²) in [4.78, 5) is 13.3. The smallest absolute Gasteiger partial charge is 0.264 e. The molecule has 1 spiro atoms. The van der Waals surface area contributed by atoms with E-state index < -0.39 is 5.54 Å². The fourth-order valence-electron chi connectivity index (χ4n) is 4.85. The molecule has 1 heterocycles. The Morgan fingerprint density at radius 2 is 1.83 bits per heavy atom. The van der Waals surface area contributed by atoms with E-state index in [0.717, 1.165) is 36.1 Å². The minimum absolute atomic E-state index is 0.00160. The van der Waals surface area contributed by atoms with E-state index in [1.54, 1.807) is 13.3 Å². The van der Waals surface area contributed by atoms with Gasteiger partial charge in [-0.1, -0.05) is 43.5 Å². The molecule has 0 saturated heterocycles. The predicted octanol–water partition coefficient (Wildman–Crippen LogP) is 3.91. The van der Waals surface area contributed by atoms with Gasteiger partial charge in [0.1, 0.15) is 11.3 Å². The molecule has 1 aliphatic carbocycles. The first-order valence-electron chi connectivity index (χ1n) is 10.4. The predicted molar refractivity (Wildman–Crippen MR) is 115 cm³/mol. The zero-order valence-electron chi connectivity index (χ0n) is 17.2. The highest BCUT2D eigenvalue weighted by atomic mass is 16.5. The van der Waals surface area contributed by atoms with Crippen LogP contribution in [0.2, 0.25) is 0 Å². The molecule has 2 aliphatic rings. The van der Waals surface area contributed by atoms with Crippen molar-refractivity contribution in [2.75, 3.05) is 7.11 Å². The Bertz CT molecular complexity index is 901. The molecule has 1 saturated carbocycles. The van der Waals surface area contributed by atoms with Crippen LogP contribution in [0.4, 0.5) is 0 Å². The Kier molecular flexibility index (Phi) is 5.41. The molecule has 0 aromatic heterocycles. The number of rotatable bonds is 4. The third-order valence-corrected chi connectivity index (χ3v) is 6.36. The van der Waals surface area contributed by atoms with E-state index in [2.05, 4.69) is 34.0 Å². The molecule has 29 heavy (non-hydrogen) atoms. The zero-order valence-corrected chi connectivity index (χ0v) is 17.2. The highest BCUT2D eigenvalue weighted by Gasteiger charge is 2.48. The Hall–Kier alpha value is -2.66. The third kappa shape index (κ3) is 3.92. The number of benzene rings is 2. The summed E-state index contributed by atoms with van der Waals surface area (Å²) in [7, 11) is 1.64. The number of carbonyl (C=O) groups is 1. The van der Waals surface area contributed by atoms with Gasteiger partial charge in [0.2, 0.25) is 0 Å². The summed E-state index contributed by atoms with van der Waals surface area (Å²) in [6, 6.07) is 15.9.